The first-order valence-electron chi connectivity index (χ1n) is 9.26. The average Bonchev–Trinajstić information content (AvgIpc) is 2.91. The van der Waals surface area contributed by atoms with Crippen LogP contribution in [0.1, 0.15) is 25.0 Å². The van der Waals surface area contributed by atoms with Gasteiger partial charge in [0, 0.05) is 11.8 Å². The average molecular weight is 539 g/mol. The number of carbonyl (C=O) groups is 1. The molecule has 1 amide bonds. The number of nitriles is 1. The van der Waals surface area contributed by atoms with E-state index in [4.69, 9.17) is 17.5 Å². The predicted molar refractivity (Wildman–Crippen MR) is 114 cm³/mol. The molecule has 0 N–H and O–H groups in total. The lowest BCUT2D eigenvalue weighted by Gasteiger charge is -2.29. The van der Waals surface area contributed by atoms with E-state index in [1.807, 2.05) is 0 Å². The second kappa shape index (κ2) is 8.76. The first kappa shape index (κ1) is 26.4. The van der Waals surface area contributed by atoms with E-state index in [0.717, 1.165) is 34.1 Å². The lowest BCUT2D eigenvalue weighted by Crippen LogP contribution is -2.44. The lowest BCUT2D eigenvalue weighted by molar-refractivity contribution is -0.137. The molecule has 3 rings (SSSR count). The first-order valence-corrected chi connectivity index (χ1v) is 10.7. The van der Waals surface area contributed by atoms with Crippen molar-refractivity contribution in [2.24, 2.45) is 0 Å². The van der Waals surface area contributed by atoms with Crippen LogP contribution in [0.5, 0.6) is 5.75 Å². The van der Waals surface area contributed by atoms with E-state index in [9.17, 15) is 39.7 Å². The van der Waals surface area contributed by atoms with Crippen LogP contribution in [-0.4, -0.2) is 26.3 Å². The Labute approximate surface area is 201 Å². The Hall–Kier alpha value is -3.25. The highest BCUT2D eigenvalue weighted by atomic mass is 32.2. The van der Waals surface area contributed by atoms with Crippen LogP contribution < -0.4 is 14.0 Å². The number of anilines is 2. The second-order valence-electron chi connectivity index (χ2n) is 7.54. The lowest BCUT2D eigenvalue weighted by atomic mass is 10.0. The van der Waals surface area contributed by atoms with Crippen molar-refractivity contribution in [3.63, 3.8) is 0 Å². The number of thiocarbonyl (C=S) groups is 1. The van der Waals surface area contributed by atoms with Gasteiger partial charge in [-0.25, -0.2) is 8.60 Å². The number of alkyl halides is 6. The van der Waals surface area contributed by atoms with Gasteiger partial charge in [-0.15, -0.1) is 0 Å². The summed E-state index contributed by atoms with van der Waals surface area (Å²) in [5.74, 6) is -3.14. The van der Waals surface area contributed by atoms with Gasteiger partial charge in [-0.2, -0.15) is 31.6 Å². The molecule has 1 unspecified atom stereocenters. The minimum atomic E-state index is -5.26. The van der Waals surface area contributed by atoms with E-state index in [1.165, 1.54) is 19.9 Å². The molecule has 35 heavy (non-hydrogen) atoms. The van der Waals surface area contributed by atoms with Gasteiger partial charge in [0.25, 0.3) is 5.91 Å². The second-order valence-corrected chi connectivity index (χ2v) is 9.00. The van der Waals surface area contributed by atoms with E-state index in [2.05, 4.69) is 4.18 Å². The molecule has 2 aromatic rings. The van der Waals surface area contributed by atoms with Crippen LogP contribution in [0.25, 0.3) is 0 Å². The molecule has 1 saturated heterocycles. The number of benzene rings is 2. The highest BCUT2D eigenvalue weighted by Crippen LogP contribution is 2.40. The van der Waals surface area contributed by atoms with Crippen molar-refractivity contribution in [3.05, 3.63) is 53.3 Å². The predicted octanol–water partition coefficient (Wildman–Crippen LogP) is 5.20. The molecular formula is C20H12F7N3O3S2. The third-order valence-electron chi connectivity index (χ3n) is 4.88. The molecule has 1 atom stereocenters. The molecule has 1 aliphatic rings. The number of hydrogen-bond donors (Lipinski definition) is 0. The maximum Gasteiger partial charge on any atom is 0.508 e. The Bertz CT molecular complexity index is 1290. The summed E-state index contributed by atoms with van der Waals surface area (Å²) in [6.45, 7) is 2.69. The largest absolute Gasteiger partial charge is 0.508 e. The van der Waals surface area contributed by atoms with Crippen LogP contribution in [-0.2, 0) is 22.1 Å². The van der Waals surface area contributed by atoms with Gasteiger partial charge in [0.1, 0.15) is 5.54 Å². The summed E-state index contributed by atoms with van der Waals surface area (Å²) in [5.41, 5.74) is -9.23. The van der Waals surface area contributed by atoms with Crippen LogP contribution in [0.2, 0.25) is 0 Å². The van der Waals surface area contributed by atoms with E-state index in [0.29, 0.717) is 12.1 Å². The Morgan fingerprint density at radius 2 is 1.66 bits per heavy atom. The number of halogens is 7. The summed E-state index contributed by atoms with van der Waals surface area (Å²) in [6.07, 6.45) is -4.91. The van der Waals surface area contributed by atoms with E-state index < -0.39 is 56.9 Å². The molecular weight excluding hydrogens is 527 g/mol. The van der Waals surface area contributed by atoms with Crippen LogP contribution in [0.3, 0.4) is 0 Å². The highest BCUT2D eigenvalue weighted by molar-refractivity contribution is 7.81. The molecule has 2 aromatic carbocycles. The zero-order chi connectivity index (χ0) is 26.5. The van der Waals surface area contributed by atoms with Crippen molar-refractivity contribution >= 4 is 45.7 Å². The fourth-order valence-corrected chi connectivity index (χ4v) is 4.20. The quantitative estimate of drug-likeness (QED) is 0.393. The maximum atomic E-state index is 14.5. The summed E-state index contributed by atoms with van der Waals surface area (Å²) in [4.78, 5) is 15.0. The standard InChI is InChI=1S/C20H12F7N3O3S2/c1-18(2)16(31)29(11-4-3-10(9-28)13(7-11)19(22,23)24)17(34)30(18)12-5-6-15(14(21)8-12)33-35(32)20(25,26)27/h3-8H,1-2H3. The summed E-state index contributed by atoms with van der Waals surface area (Å²) in [5, 5.41) is 8.61. The molecule has 0 aliphatic carbocycles. The Morgan fingerprint density at radius 1 is 1.06 bits per heavy atom. The van der Waals surface area contributed by atoms with Gasteiger partial charge in [0.05, 0.1) is 22.9 Å². The molecule has 0 spiro atoms. The summed E-state index contributed by atoms with van der Waals surface area (Å²) in [7, 11) is 0. The zero-order valence-corrected chi connectivity index (χ0v) is 19.1. The number of carbonyl (C=O) groups excluding carboxylic acids is 1. The van der Waals surface area contributed by atoms with Gasteiger partial charge >= 0.3 is 22.8 Å². The van der Waals surface area contributed by atoms with Crippen molar-refractivity contribution < 1.29 is 43.9 Å². The maximum absolute atomic E-state index is 14.5. The van der Waals surface area contributed by atoms with Crippen molar-refractivity contribution in [2.75, 3.05) is 9.80 Å². The Kier molecular flexibility index (Phi) is 6.59. The molecule has 6 nitrogen and oxygen atoms in total. The zero-order valence-electron chi connectivity index (χ0n) is 17.5. The fourth-order valence-electron chi connectivity index (χ4n) is 3.28. The van der Waals surface area contributed by atoms with Crippen LogP contribution in [0.4, 0.5) is 42.1 Å². The highest BCUT2D eigenvalue weighted by Gasteiger charge is 2.51. The SMILES string of the molecule is CC1(C)C(=O)N(c2ccc(C#N)c(C(F)(F)F)c2)C(=S)N1c1ccc(OS(=O)C(F)(F)F)c(F)c1. The normalized spacial score (nSPS) is 16.9. The minimum absolute atomic E-state index is 0.136. The fraction of sp³-hybridized carbons (Fsp3) is 0.250. The molecule has 186 valence electrons. The summed E-state index contributed by atoms with van der Waals surface area (Å²) >= 11 is 1.44. The third kappa shape index (κ3) is 4.80. The van der Waals surface area contributed by atoms with Gasteiger partial charge in [0.2, 0.25) is 0 Å². The first-order chi connectivity index (χ1) is 16.0. The number of rotatable bonds is 4. The van der Waals surface area contributed by atoms with Gasteiger partial charge in [-0.3, -0.25) is 9.69 Å². The number of nitrogens with zero attached hydrogens (tertiary/aromatic N) is 3. The Morgan fingerprint density at radius 3 is 2.17 bits per heavy atom. The topological polar surface area (TPSA) is 73.6 Å². The van der Waals surface area contributed by atoms with Crippen molar-refractivity contribution in [2.45, 2.75) is 31.1 Å². The number of amides is 1. The molecule has 0 radical (unpaired) electrons. The smallest absolute Gasteiger partial charge is 0.391 e. The molecule has 0 saturated carbocycles. The van der Waals surface area contributed by atoms with Crippen molar-refractivity contribution in [3.8, 4) is 11.8 Å². The third-order valence-corrected chi connectivity index (χ3v) is 5.96. The minimum Gasteiger partial charge on any atom is -0.391 e. The van der Waals surface area contributed by atoms with Gasteiger partial charge in [-0.1, -0.05) is 0 Å². The van der Waals surface area contributed by atoms with E-state index in [-0.39, 0.29) is 16.5 Å². The van der Waals surface area contributed by atoms with Crippen molar-refractivity contribution in [1.29, 1.82) is 5.26 Å². The van der Waals surface area contributed by atoms with E-state index in [1.54, 1.807) is 0 Å². The van der Waals surface area contributed by atoms with Gasteiger partial charge < -0.3 is 9.08 Å². The molecule has 15 heteroatoms. The molecule has 1 fully saturated rings. The molecule has 1 heterocycles. The molecule has 0 aromatic heterocycles. The molecule has 1 aliphatic heterocycles. The van der Waals surface area contributed by atoms with Crippen LogP contribution in [0.15, 0.2) is 36.4 Å². The summed E-state index contributed by atoms with van der Waals surface area (Å²) in [6, 6.07) is 6.40. The van der Waals surface area contributed by atoms with Gasteiger partial charge in [0.15, 0.2) is 16.7 Å². The Balaban J connectivity index is 2.02. The summed E-state index contributed by atoms with van der Waals surface area (Å²) < 4.78 is 107. The van der Waals surface area contributed by atoms with Gasteiger partial charge in [-0.05, 0) is 56.4 Å². The van der Waals surface area contributed by atoms with Crippen LogP contribution in [0, 0.1) is 17.1 Å². The van der Waals surface area contributed by atoms with Crippen LogP contribution >= 0.6 is 12.2 Å². The monoisotopic (exact) mass is 539 g/mol. The molecule has 0 bridgehead atoms. The van der Waals surface area contributed by atoms with Crippen molar-refractivity contribution in [1.82, 2.24) is 0 Å². The van der Waals surface area contributed by atoms with E-state index >= 15 is 0 Å². The number of hydrogen-bond acceptors (Lipinski definition) is 5.